The van der Waals surface area contributed by atoms with Gasteiger partial charge in [0.15, 0.2) is 11.5 Å². The van der Waals surface area contributed by atoms with Crippen LogP contribution in [0, 0.1) is 0 Å². The van der Waals surface area contributed by atoms with Gasteiger partial charge < -0.3 is 14.4 Å². The Morgan fingerprint density at radius 2 is 1.97 bits per heavy atom. The van der Waals surface area contributed by atoms with Gasteiger partial charge in [-0.05, 0) is 65.8 Å². The monoisotopic (exact) mass is 490 g/mol. The Bertz CT molecular complexity index is 1290. The zero-order valence-corrected chi connectivity index (χ0v) is 20.8. The van der Waals surface area contributed by atoms with E-state index >= 15 is 0 Å². The van der Waals surface area contributed by atoms with Crippen LogP contribution in [0.5, 0.6) is 11.5 Å². The number of para-hydroxylation sites is 1. The lowest BCUT2D eigenvalue weighted by atomic mass is 10.1. The second-order valence-corrected chi connectivity index (χ2v) is 10.2. The normalized spacial score (nSPS) is 16.2. The van der Waals surface area contributed by atoms with Crippen molar-refractivity contribution in [3.8, 4) is 11.5 Å². The smallest absolute Gasteiger partial charge is 0.227 e. The summed E-state index contributed by atoms with van der Waals surface area (Å²) in [5, 5.41) is 2.95. The molecule has 1 unspecified atom stereocenters. The Labute approximate surface area is 207 Å². The highest BCUT2D eigenvalue weighted by molar-refractivity contribution is 7.19. The Morgan fingerprint density at radius 1 is 1.12 bits per heavy atom. The fourth-order valence-electron chi connectivity index (χ4n) is 4.45. The molecule has 1 amide bonds. The number of amides is 1. The number of likely N-dealkylation sites (tertiary alicyclic amines) is 1. The van der Waals surface area contributed by atoms with Gasteiger partial charge in [-0.25, -0.2) is 4.98 Å². The fraction of sp³-hybridized carbons (Fsp3) is 0.259. The standard InChI is InChI=1S/C27H26N2O3S2/c1-31-22-12-11-18(16-23(22)32-2)15-19(27-28-20-7-3-4-9-24(20)34-27)17-26(30)29-13-5-8-21(29)25-10-6-14-33-25/h3-4,6-7,9-12,14-16,21H,5,8,13,17H2,1-2H3. The molecule has 4 aromatic rings. The van der Waals surface area contributed by atoms with Gasteiger partial charge in [0, 0.05) is 11.4 Å². The summed E-state index contributed by atoms with van der Waals surface area (Å²) in [6, 6.07) is 18.2. The molecule has 0 aliphatic carbocycles. The molecule has 1 atom stereocenters. The van der Waals surface area contributed by atoms with Crippen molar-refractivity contribution in [3.05, 3.63) is 75.4 Å². The summed E-state index contributed by atoms with van der Waals surface area (Å²) < 4.78 is 12.0. The minimum absolute atomic E-state index is 0.141. The van der Waals surface area contributed by atoms with Crippen LogP contribution in [0.4, 0.5) is 0 Å². The van der Waals surface area contributed by atoms with E-state index in [2.05, 4.69) is 23.6 Å². The van der Waals surface area contributed by atoms with Crippen LogP contribution in [0.2, 0.25) is 0 Å². The van der Waals surface area contributed by atoms with Gasteiger partial charge in [0.25, 0.3) is 0 Å². The highest BCUT2D eigenvalue weighted by atomic mass is 32.1. The molecule has 174 valence electrons. The molecule has 0 saturated carbocycles. The third kappa shape index (κ3) is 4.58. The minimum Gasteiger partial charge on any atom is -0.493 e. The summed E-state index contributed by atoms with van der Waals surface area (Å²) in [4.78, 5) is 21.7. The molecule has 1 aliphatic heterocycles. The molecule has 0 spiro atoms. The van der Waals surface area contributed by atoms with E-state index in [1.165, 1.54) is 4.88 Å². The number of carbonyl (C=O) groups excluding carboxylic acids is 1. The quantitative estimate of drug-likeness (QED) is 0.290. The lowest BCUT2D eigenvalue weighted by molar-refractivity contribution is -0.130. The molecule has 0 radical (unpaired) electrons. The Kier molecular flexibility index (Phi) is 6.65. The van der Waals surface area contributed by atoms with E-state index in [4.69, 9.17) is 14.5 Å². The third-order valence-corrected chi connectivity index (χ3v) is 8.19. The molecule has 34 heavy (non-hydrogen) atoms. The molecular weight excluding hydrogens is 464 g/mol. The number of nitrogens with zero attached hydrogens (tertiary/aromatic N) is 2. The van der Waals surface area contributed by atoms with Crippen molar-refractivity contribution in [3.63, 3.8) is 0 Å². The van der Waals surface area contributed by atoms with E-state index in [1.54, 1.807) is 36.9 Å². The van der Waals surface area contributed by atoms with Gasteiger partial charge in [0.05, 0.1) is 36.9 Å². The Balaban J connectivity index is 1.50. The summed E-state index contributed by atoms with van der Waals surface area (Å²) in [6.45, 7) is 0.797. The van der Waals surface area contributed by atoms with Gasteiger partial charge in [0.1, 0.15) is 5.01 Å². The second kappa shape index (κ2) is 9.99. The number of ether oxygens (including phenoxy) is 2. The number of hydrogen-bond donors (Lipinski definition) is 0. The molecule has 2 aromatic heterocycles. The summed E-state index contributed by atoms with van der Waals surface area (Å²) in [7, 11) is 3.25. The van der Waals surface area contributed by atoms with Gasteiger partial charge in [-0.1, -0.05) is 24.3 Å². The molecule has 2 aromatic carbocycles. The zero-order chi connectivity index (χ0) is 23.5. The zero-order valence-electron chi connectivity index (χ0n) is 19.2. The van der Waals surface area contributed by atoms with Crippen molar-refractivity contribution >= 4 is 50.4 Å². The summed E-state index contributed by atoms with van der Waals surface area (Å²) >= 11 is 3.35. The number of fused-ring (bicyclic) bond motifs is 1. The Morgan fingerprint density at radius 3 is 2.74 bits per heavy atom. The van der Waals surface area contributed by atoms with Gasteiger partial charge in [-0.3, -0.25) is 4.79 Å². The average molecular weight is 491 g/mol. The molecule has 1 aliphatic rings. The van der Waals surface area contributed by atoms with Crippen LogP contribution in [-0.2, 0) is 4.79 Å². The van der Waals surface area contributed by atoms with Gasteiger partial charge >= 0.3 is 0 Å². The highest BCUT2D eigenvalue weighted by Gasteiger charge is 2.31. The number of methoxy groups -OCH3 is 2. The number of thiophene rings is 1. The van der Waals surface area contributed by atoms with E-state index in [0.717, 1.165) is 45.7 Å². The average Bonchev–Trinajstić information content (AvgIpc) is 3.63. The number of rotatable bonds is 7. The maximum Gasteiger partial charge on any atom is 0.227 e. The summed E-state index contributed by atoms with van der Waals surface area (Å²) in [5.41, 5.74) is 2.80. The molecule has 5 nitrogen and oxygen atoms in total. The first-order valence-electron chi connectivity index (χ1n) is 11.3. The van der Waals surface area contributed by atoms with Crippen molar-refractivity contribution in [2.45, 2.75) is 25.3 Å². The molecule has 1 fully saturated rings. The third-order valence-electron chi connectivity index (χ3n) is 6.10. The number of aromatic nitrogens is 1. The van der Waals surface area contributed by atoms with Gasteiger partial charge in [-0.15, -0.1) is 22.7 Å². The van der Waals surface area contributed by atoms with Crippen LogP contribution >= 0.6 is 22.7 Å². The molecule has 7 heteroatoms. The minimum atomic E-state index is 0.141. The van der Waals surface area contributed by atoms with Gasteiger partial charge in [0.2, 0.25) is 5.91 Å². The molecule has 3 heterocycles. The van der Waals surface area contributed by atoms with E-state index in [0.29, 0.717) is 17.9 Å². The van der Waals surface area contributed by atoms with Crippen molar-refractivity contribution in [1.82, 2.24) is 9.88 Å². The lowest BCUT2D eigenvalue weighted by Crippen LogP contribution is -2.30. The number of benzene rings is 2. The van der Waals surface area contributed by atoms with E-state index in [-0.39, 0.29) is 11.9 Å². The van der Waals surface area contributed by atoms with Crippen LogP contribution in [0.1, 0.15) is 40.8 Å². The molecule has 5 rings (SSSR count). The second-order valence-electron chi connectivity index (χ2n) is 8.21. The first-order chi connectivity index (χ1) is 16.7. The SMILES string of the molecule is COc1ccc(C=C(CC(=O)N2CCCC2c2cccs2)c2nc3ccccc3s2)cc1OC. The number of carbonyl (C=O) groups is 1. The largest absolute Gasteiger partial charge is 0.493 e. The molecular formula is C27H26N2O3S2. The van der Waals surface area contributed by atoms with Crippen LogP contribution in [0.25, 0.3) is 21.9 Å². The summed E-state index contributed by atoms with van der Waals surface area (Å²) in [5.74, 6) is 1.47. The van der Waals surface area contributed by atoms with Crippen molar-refractivity contribution in [2.24, 2.45) is 0 Å². The van der Waals surface area contributed by atoms with Crippen LogP contribution in [0.3, 0.4) is 0 Å². The van der Waals surface area contributed by atoms with Crippen LogP contribution < -0.4 is 9.47 Å². The first-order valence-corrected chi connectivity index (χ1v) is 13.0. The highest BCUT2D eigenvalue weighted by Crippen LogP contribution is 2.37. The van der Waals surface area contributed by atoms with Crippen molar-refractivity contribution in [1.29, 1.82) is 0 Å². The predicted molar refractivity (Wildman–Crippen MR) is 140 cm³/mol. The maximum atomic E-state index is 13.6. The van der Waals surface area contributed by atoms with Crippen LogP contribution in [-0.4, -0.2) is 36.6 Å². The lowest BCUT2D eigenvalue weighted by Gasteiger charge is -2.24. The molecule has 0 bridgehead atoms. The first kappa shape index (κ1) is 22.6. The van der Waals surface area contributed by atoms with Crippen molar-refractivity contribution < 1.29 is 14.3 Å². The molecule has 1 saturated heterocycles. The predicted octanol–water partition coefficient (Wildman–Crippen LogP) is 6.67. The fourth-order valence-corrected chi connectivity index (χ4v) is 6.30. The van der Waals surface area contributed by atoms with Crippen molar-refractivity contribution in [2.75, 3.05) is 20.8 Å². The van der Waals surface area contributed by atoms with Crippen LogP contribution in [0.15, 0.2) is 60.0 Å². The number of thiazole rings is 1. The Hall–Kier alpha value is -3.16. The van der Waals surface area contributed by atoms with E-state index in [1.807, 2.05) is 47.4 Å². The van der Waals surface area contributed by atoms with E-state index < -0.39 is 0 Å². The van der Waals surface area contributed by atoms with E-state index in [9.17, 15) is 4.79 Å². The topological polar surface area (TPSA) is 51.7 Å². The maximum absolute atomic E-state index is 13.6. The van der Waals surface area contributed by atoms with Gasteiger partial charge in [-0.2, -0.15) is 0 Å². The summed E-state index contributed by atoms with van der Waals surface area (Å²) in [6.07, 6.45) is 4.40. The molecule has 0 N–H and O–H groups in total. The number of hydrogen-bond acceptors (Lipinski definition) is 6.